The van der Waals surface area contributed by atoms with Crippen LogP contribution in [0.3, 0.4) is 0 Å². The summed E-state index contributed by atoms with van der Waals surface area (Å²) < 4.78 is 46.4. The molecule has 0 fully saturated rings. The van der Waals surface area contributed by atoms with Crippen LogP contribution in [0.25, 0.3) is 17.6 Å². The first-order valence-electron chi connectivity index (χ1n) is 9.15. The lowest BCUT2D eigenvalue weighted by Gasteiger charge is -2.13. The van der Waals surface area contributed by atoms with E-state index in [9.17, 15) is 18.0 Å². The van der Waals surface area contributed by atoms with Gasteiger partial charge in [-0.1, -0.05) is 11.6 Å². The van der Waals surface area contributed by atoms with Crippen LogP contribution in [0.15, 0.2) is 54.9 Å². The van der Waals surface area contributed by atoms with Crippen LogP contribution in [0.2, 0.25) is 5.02 Å². The van der Waals surface area contributed by atoms with Crippen molar-refractivity contribution in [1.29, 1.82) is 0 Å². The van der Waals surface area contributed by atoms with Gasteiger partial charge in [0.25, 0.3) is 0 Å². The number of ether oxygens (including phenoxy) is 1. The van der Waals surface area contributed by atoms with Crippen molar-refractivity contribution in [2.45, 2.75) is 26.1 Å². The summed E-state index contributed by atoms with van der Waals surface area (Å²) in [7, 11) is 0. The number of nitrogens with zero attached hydrogens (tertiary/aromatic N) is 3. The van der Waals surface area contributed by atoms with Gasteiger partial charge in [-0.25, -0.2) is 14.5 Å². The maximum atomic E-state index is 13.4. The van der Waals surface area contributed by atoms with Gasteiger partial charge in [0.1, 0.15) is 6.33 Å². The van der Waals surface area contributed by atoms with Gasteiger partial charge < -0.3 is 10.1 Å². The Bertz CT molecular complexity index is 1090. The molecule has 0 bridgehead atoms. The van der Waals surface area contributed by atoms with Crippen LogP contribution in [0.5, 0.6) is 0 Å². The smallest absolute Gasteiger partial charge is 0.416 e. The van der Waals surface area contributed by atoms with Crippen molar-refractivity contribution in [3.05, 3.63) is 65.5 Å². The van der Waals surface area contributed by atoms with Crippen molar-refractivity contribution in [1.82, 2.24) is 14.8 Å². The molecule has 3 aromatic rings. The number of halogens is 4. The summed E-state index contributed by atoms with van der Waals surface area (Å²) in [6, 6.07) is 10.0. The molecule has 2 aromatic carbocycles. The van der Waals surface area contributed by atoms with Crippen LogP contribution < -0.4 is 5.32 Å². The molecule has 3 rings (SSSR count). The van der Waals surface area contributed by atoms with Crippen LogP contribution in [0, 0.1) is 0 Å². The SMILES string of the molecule is CC(C)OC(=O)/C=C\n1cnc(-c2cc(Nc3ccc(Cl)cc3)cc(C(F)(F)F)c2)n1. The molecule has 31 heavy (non-hydrogen) atoms. The van der Waals surface area contributed by atoms with Crippen molar-refractivity contribution in [3.63, 3.8) is 0 Å². The summed E-state index contributed by atoms with van der Waals surface area (Å²) in [6.45, 7) is 3.42. The molecule has 0 spiro atoms. The number of anilines is 2. The van der Waals surface area contributed by atoms with E-state index in [1.54, 1.807) is 38.1 Å². The predicted octanol–water partition coefficient (Wildman–Crippen LogP) is 5.78. The Hall–Kier alpha value is -3.33. The van der Waals surface area contributed by atoms with Crippen LogP contribution in [0.4, 0.5) is 24.5 Å². The number of carbonyl (C=O) groups excluding carboxylic acids is 1. The van der Waals surface area contributed by atoms with Gasteiger partial charge in [0.05, 0.1) is 11.7 Å². The van der Waals surface area contributed by atoms with Crippen molar-refractivity contribution in [2.24, 2.45) is 0 Å². The van der Waals surface area contributed by atoms with Gasteiger partial charge in [-0.05, 0) is 56.3 Å². The van der Waals surface area contributed by atoms with Crippen molar-refractivity contribution >= 4 is 35.1 Å². The van der Waals surface area contributed by atoms with Gasteiger partial charge in [0.2, 0.25) is 0 Å². The Morgan fingerprint density at radius 2 is 1.87 bits per heavy atom. The maximum Gasteiger partial charge on any atom is 0.416 e. The van der Waals surface area contributed by atoms with Crippen molar-refractivity contribution in [3.8, 4) is 11.4 Å². The number of carbonyl (C=O) groups is 1. The molecule has 0 saturated carbocycles. The minimum absolute atomic E-state index is 0.0622. The Morgan fingerprint density at radius 3 is 2.52 bits per heavy atom. The number of hydrogen-bond acceptors (Lipinski definition) is 5. The second kappa shape index (κ2) is 9.22. The third kappa shape index (κ3) is 6.32. The van der Waals surface area contributed by atoms with Crippen LogP contribution in [-0.4, -0.2) is 26.8 Å². The van der Waals surface area contributed by atoms with Crippen molar-refractivity contribution < 1.29 is 22.7 Å². The first-order valence-corrected chi connectivity index (χ1v) is 9.53. The van der Waals surface area contributed by atoms with E-state index < -0.39 is 17.7 Å². The average Bonchev–Trinajstić information content (AvgIpc) is 3.16. The van der Waals surface area contributed by atoms with E-state index in [0.717, 1.165) is 18.2 Å². The first kappa shape index (κ1) is 22.4. The molecule has 0 saturated heterocycles. The molecule has 1 aromatic heterocycles. The Balaban J connectivity index is 1.90. The lowest BCUT2D eigenvalue weighted by atomic mass is 10.1. The molecule has 0 aliphatic rings. The normalized spacial score (nSPS) is 11.8. The lowest BCUT2D eigenvalue weighted by Crippen LogP contribution is -2.08. The molecule has 0 atom stereocenters. The Kier molecular flexibility index (Phi) is 6.65. The van der Waals surface area contributed by atoms with E-state index in [0.29, 0.717) is 10.7 Å². The zero-order valence-corrected chi connectivity index (χ0v) is 17.3. The fourth-order valence-electron chi connectivity index (χ4n) is 2.58. The number of alkyl halides is 3. The van der Waals surface area contributed by atoms with E-state index in [-0.39, 0.29) is 23.2 Å². The highest BCUT2D eigenvalue weighted by molar-refractivity contribution is 6.30. The first-order chi connectivity index (χ1) is 14.6. The molecular formula is C21H18ClF3N4O2. The number of rotatable bonds is 6. The summed E-state index contributed by atoms with van der Waals surface area (Å²) in [5, 5.41) is 7.55. The second-order valence-electron chi connectivity index (χ2n) is 6.78. The molecule has 0 amide bonds. The summed E-state index contributed by atoms with van der Waals surface area (Å²) >= 11 is 5.85. The highest BCUT2D eigenvalue weighted by Crippen LogP contribution is 2.35. The summed E-state index contributed by atoms with van der Waals surface area (Å²) in [4.78, 5) is 15.6. The van der Waals surface area contributed by atoms with Gasteiger partial charge >= 0.3 is 12.1 Å². The Labute approximate surface area is 181 Å². The van der Waals surface area contributed by atoms with Crippen LogP contribution >= 0.6 is 11.6 Å². The quantitative estimate of drug-likeness (QED) is 0.380. The minimum Gasteiger partial charge on any atom is -0.460 e. The molecule has 1 N–H and O–H groups in total. The van der Waals surface area contributed by atoms with Gasteiger partial charge in [-0.15, -0.1) is 5.10 Å². The fourth-order valence-corrected chi connectivity index (χ4v) is 2.71. The minimum atomic E-state index is -4.56. The number of aromatic nitrogens is 3. The Morgan fingerprint density at radius 1 is 1.16 bits per heavy atom. The van der Waals surface area contributed by atoms with Crippen molar-refractivity contribution in [2.75, 3.05) is 5.32 Å². The molecule has 0 radical (unpaired) electrons. The van der Waals surface area contributed by atoms with E-state index in [1.165, 1.54) is 23.3 Å². The number of nitrogens with one attached hydrogen (secondary N) is 1. The lowest BCUT2D eigenvalue weighted by molar-refractivity contribution is -0.141. The number of benzene rings is 2. The molecular weight excluding hydrogens is 433 g/mol. The fraction of sp³-hybridized carbons (Fsp3) is 0.190. The zero-order valence-electron chi connectivity index (χ0n) is 16.5. The maximum absolute atomic E-state index is 13.4. The third-order valence-corrected chi connectivity index (χ3v) is 4.13. The molecule has 10 heteroatoms. The van der Waals surface area contributed by atoms with Crippen LogP contribution in [0.1, 0.15) is 19.4 Å². The molecule has 0 aliphatic heterocycles. The van der Waals surface area contributed by atoms with E-state index in [1.807, 2.05) is 0 Å². The topological polar surface area (TPSA) is 69.0 Å². The summed E-state index contributed by atoms with van der Waals surface area (Å²) in [5.74, 6) is -0.507. The standard InChI is InChI=1S/C21H18ClF3N4O2/c1-13(2)31-19(30)7-8-29-12-26-20(28-29)14-9-15(21(23,24)25)11-18(10-14)27-17-5-3-16(22)4-6-17/h3-13,27H,1-2H3/b8-7-. The van der Waals surface area contributed by atoms with Gasteiger partial charge in [0.15, 0.2) is 5.82 Å². The third-order valence-electron chi connectivity index (χ3n) is 3.88. The summed E-state index contributed by atoms with van der Waals surface area (Å²) in [5.41, 5.74) is 0.0800. The largest absolute Gasteiger partial charge is 0.460 e. The molecule has 0 aliphatic carbocycles. The monoisotopic (exact) mass is 450 g/mol. The van der Waals surface area contributed by atoms with Gasteiger partial charge in [-0.3, -0.25) is 0 Å². The predicted molar refractivity (Wildman–Crippen MR) is 112 cm³/mol. The van der Waals surface area contributed by atoms with E-state index in [4.69, 9.17) is 16.3 Å². The van der Waals surface area contributed by atoms with E-state index >= 15 is 0 Å². The highest BCUT2D eigenvalue weighted by atomic mass is 35.5. The highest BCUT2D eigenvalue weighted by Gasteiger charge is 2.31. The second-order valence-corrected chi connectivity index (χ2v) is 7.21. The number of hydrogen-bond donors (Lipinski definition) is 1. The van der Waals surface area contributed by atoms with Gasteiger partial charge in [0, 0.05) is 34.2 Å². The van der Waals surface area contributed by atoms with E-state index in [2.05, 4.69) is 15.4 Å². The average molecular weight is 451 g/mol. The molecule has 6 nitrogen and oxygen atoms in total. The van der Waals surface area contributed by atoms with Crippen LogP contribution in [-0.2, 0) is 15.7 Å². The van der Waals surface area contributed by atoms with Gasteiger partial charge in [-0.2, -0.15) is 13.2 Å². The molecule has 0 unspecified atom stereocenters. The summed E-state index contributed by atoms with van der Waals surface area (Å²) in [6.07, 6.45) is -1.10. The molecule has 1 heterocycles. The number of esters is 1. The molecule has 162 valence electrons. The zero-order chi connectivity index (χ0) is 22.6.